The maximum Gasteiger partial charge on any atom is 0.254 e. The van der Waals surface area contributed by atoms with E-state index >= 15 is 0 Å². The fourth-order valence-corrected chi connectivity index (χ4v) is 5.18. The quantitative estimate of drug-likeness (QED) is 0.407. The Morgan fingerprint density at radius 2 is 1.75 bits per heavy atom. The first kappa shape index (κ1) is 23.5. The molecule has 0 radical (unpaired) electrons. The van der Waals surface area contributed by atoms with Crippen molar-refractivity contribution in [2.24, 2.45) is 0 Å². The van der Waals surface area contributed by atoms with E-state index in [0.29, 0.717) is 30.0 Å². The zero-order chi connectivity index (χ0) is 25.2. The van der Waals surface area contributed by atoms with Crippen LogP contribution >= 0.6 is 0 Å². The Kier molecular flexibility index (Phi) is 6.38. The Labute approximate surface area is 210 Å². The number of carbonyl (C=O) groups excluding carboxylic acids is 2. The van der Waals surface area contributed by atoms with E-state index in [4.69, 9.17) is 9.47 Å². The number of hydrogen-bond acceptors (Lipinski definition) is 4. The van der Waals surface area contributed by atoms with Crippen LogP contribution in [0.1, 0.15) is 39.0 Å². The summed E-state index contributed by atoms with van der Waals surface area (Å²) < 4.78 is 10.9. The Morgan fingerprint density at radius 1 is 1.00 bits per heavy atom. The largest absolute Gasteiger partial charge is 0.493 e. The molecule has 5 rings (SSSR count). The summed E-state index contributed by atoms with van der Waals surface area (Å²) in [6.45, 7) is 0.482. The second-order valence-electron chi connectivity index (χ2n) is 8.94. The number of methoxy groups -OCH3 is 2. The van der Waals surface area contributed by atoms with Gasteiger partial charge in [0.15, 0.2) is 11.5 Å². The highest BCUT2D eigenvalue weighted by Gasteiger charge is 2.42. The van der Waals surface area contributed by atoms with Crippen LogP contribution in [0.5, 0.6) is 11.5 Å². The number of amides is 2. The highest BCUT2D eigenvalue weighted by molar-refractivity contribution is 6.01. The number of benzene rings is 3. The molecule has 0 saturated heterocycles. The van der Waals surface area contributed by atoms with E-state index in [1.165, 1.54) is 0 Å². The van der Waals surface area contributed by atoms with Crippen molar-refractivity contribution in [1.29, 1.82) is 0 Å². The predicted octanol–water partition coefficient (Wildman–Crippen LogP) is 4.45. The molecule has 7 heteroatoms. The van der Waals surface area contributed by atoms with E-state index in [1.54, 1.807) is 38.3 Å². The summed E-state index contributed by atoms with van der Waals surface area (Å²) in [5.41, 5.74) is 4.31. The molecule has 2 heterocycles. The molecule has 0 saturated carbocycles. The zero-order valence-corrected chi connectivity index (χ0v) is 20.6. The van der Waals surface area contributed by atoms with Gasteiger partial charge in [-0.15, -0.1) is 0 Å². The number of hydrogen-bond donors (Lipinski definition) is 2. The number of fused-ring (bicyclic) bond motifs is 2. The van der Waals surface area contributed by atoms with Crippen LogP contribution in [0.2, 0.25) is 0 Å². The van der Waals surface area contributed by atoms with Crippen LogP contribution in [0, 0.1) is 0 Å². The SMILES string of the molecule is COc1ccc([C@@H]2[C@@H](C(=O)NCCc3c[nH]c4ccccc34)c3ccccc3C(=O)N2C)cc1OC. The van der Waals surface area contributed by atoms with Gasteiger partial charge < -0.3 is 24.7 Å². The number of rotatable bonds is 7. The number of ether oxygens (including phenoxy) is 2. The molecule has 2 amide bonds. The average molecular weight is 484 g/mol. The molecule has 7 nitrogen and oxygen atoms in total. The van der Waals surface area contributed by atoms with Crippen LogP contribution in [-0.2, 0) is 11.2 Å². The Bertz CT molecular complexity index is 1430. The number of nitrogens with one attached hydrogen (secondary N) is 2. The minimum Gasteiger partial charge on any atom is -0.493 e. The molecule has 0 bridgehead atoms. The lowest BCUT2D eigenvalue weighted by molar-refractivity contribution is -0.124. The van der Waals surface area contributed by atoms with E-state index in [9.17, 15) is 9.59 Å². The number of para-hydroxylation sites is 1. The lowest BCUT2D eigenvalue weighted by atomic mass is 9.79. The molecule has 0 aliphatic carbocycles. The smallest absolute Gasteiger partial charge is 0.254 e. The van der Waals surface area contributed by atoms with Crippen LogP contribution in [0.15, 0.2) is 72.9 Å². The molecule has 4 aromatic rings. The molecule has 3 aromatic carbocycles. The Morgan fingerprint density at radius 3 is 2.56 bits per heavy atom. The molecule has 2 atom stereocenters. The van der Waals surface area contributed by atoms with E-state index in [0.717, 1.165) is 27.6 Å². The summed E-state index contributed by atoms with van der Waals surface area (Å²) in [7, 11) is 4.89. The molecule has 2 N–H and O–H groups in total. The van der Waals surface area contributed by atoms with E-state index in [-0.39, 0.29) is 11.8 Å². The summed E-state index contributed by atoms with van der Waals surface area (Å²) in [5.74, 6) is 0.319. The fourth-order valence-electron chi connectivity index (χ4n) is 5.18. The number of carbonyl (C=O) groups is 2. The third-order valence-electron chi connectivity index (χ3n) is 6.98. The van der Waals surface area contributed by atoms with Crippen LogP contribution in [0.25, 0.3) is 10.9 Å². The van der Waals surface area contributed by atoms with Crippen LogP contribution in [-0.4, -0.2) is 49.5 Å². The molecular formula is C29H29N3O4. The molecular weight excluding hydrogens is 454 g/mol. The first-order valence-electron chi connectivity index (χ1n) is 11.9. The molecule has 1 aromatic heterocycles. The second kappa shape index (κ2) is 9.77. The van der Waals surface area contributed by atoms with Crippen molar-refractivity contribution in [3.63, 3.8) is 0 Å². The van der Waals surface area contributed by atoms with E-state index in [2.05, 4.69) is 16.4 Å². The Hall–Kier alpha value is -4.26. The van der Waals surface area contributed by atoms with Gasteiger partial charge in [0.1, 0.15) is 0 Å². The topological polar surface area (TPSA) is 83.7 Å². The molecule has 0 unspecified atom stereocenters. The first-order valence-corrected chi connectivity index (χ1v) is 11.9. The van der Waals surface area contributed by atoms with Crippen molar-refractivity contribution in [2.75, 3.05) is 27.8 Å². The van der Waals surface area contributed by atoms with E-state index < -0.39 is 12.0 Å². The third kappa shape index (κ3) is 4.06. The maximum atomic E-state index is 13.8. The van der Waals surface area contributed by atoms with Gasteiger partial charge in [0, 0.05) is 36.3 Å². The molecule has 184 valence electrons. The van der Waals surface area contributed by atoms with Gasteiger partial charge in [-0.2, -0.15) is 0 Å². The van der Waals surface area contributed by atoms with Gasteiger partial charge in [0.05, 0.1) is 26.2 Å². The van der Waals surface area contributed by atoms with Crippen LogP contribution < -0.4 is 14.8 Å². The summed E-state index contributed by atoms with van der Waals surface area (Å²) in [4.78, 5) is 32.0. The minimum atomic E-state index is -0.579. The summed E-state index contributed by atoms with van der Waals surface area (Å²) in [5, 5.41) is 4.29. The van der Waals surface area contributed by atoms with Gasteiger partial charge >= 0.3 is 0 Å². The van der Waals surface area contributed by atoms with Gasteiger partial charge in [-0.05, 0) is 47.4 Å². The zero-order valence-electron chi connectivity index (χ0n) is 20.6. The summed E-state index contributed by atoms with van der Waals surface area (Å²) >= 11 is 0. The number of aromatic amines is 1. The normalized spacial score (nSPS) is 17.1. The summed E-state index contributed by atoms with van der Waals surface area (Å²) in [6.07, 6.45) is 2.69. The summed E-state index contributed by atoms with van der Waals surface area (Å²) in [6, 6.07) is 20.5. The van der Waals surface area contributed by atoms with Gasteiger partial charge in [-0.25, -0.2) is 0 Å². The standard InChI is InChI=1S/C29H29N3O4/c1-32-27(18-12-13-24(35-2)25(16-18)36-3)26(21-9-4-5-10-22(21)29(32)34)28(33)30-15-14-19-17-31-23-11-7-6-8-20(19)23/h4-13,16-17,26-27,31H,14-15H2,1-3H3,(H,30,33)/t26-,27+/m0/s1. The highest BCUT2D eigenvalue weighted by atomic mass is 16.5. The number of nitrogens with zero attached hydrogens (tertiary/aromatic N) is 1. The highest BCUT2D eigenvalue weighted by Crippen LogP contribution is 2.44. The molecule has 0 fully saturated rings. The predicted molar refractivity (Wildman–Crippen MR) is 139 cm³/mol. The minimum absolute atomic E-state index is 0.117. The monoisotopic (exact) mass is 483 g/mol. The van der Waals surface area contributed by atoms with Gasteiger partial charge in [0.2, 0.25) is 5.91 Å². The maximum absolute atomic E-state index is 13.8. The average Bonchev–Trinajstić information content (AvgIpc) is 3.33. The lowest BCUT2D eigenvalue weighted by Gasteiger charge is -2.40. The molecule has 1 aliphatic rings. The van der Waals surface area contributed by atoms with Crippen molar-refractivity contribution < 1.29 is 19.1 Å². The first-order chi connectivity index (χ1) is 17.5. The van der Waals surface area contributed by atoms with Crippen molar-refractivity contribution >= 4 is 22.7 Å². The number of likely N-dealkylation sites (N-methyl/N-ethyl adjacent to an activating group) is 1. The van der Waals surface area contributed by atoms with Crippen LogP contribution in [0.3, 0.4) is 0 Å². The lowest BCUT2D eigenvalue weighted by Crippen LogP contribution is -2.46. The number of H-pyrrole nitrogens is 1. The Balaban J connectivity index is 1.46. The van der Waals surface area contributed by atoms with Crippen molar-refractivity contribution in [1.82, 2.24) is 15.2 Å². The van der Waals surface area contributed by atoms with Crippen molar-refractivity contribution in [2.45, 2.75) is 18.4 Å². The van der Waals surface area contributed by atoms with Crippen molar-refractivity contribution in [3.8, 4) is 11.5 Å². The van der Waals surface area contributed by atoms with Gasteiger partial charge in [-0.1, -0.05) is 42.5 Å². The third-order valence-corrected chi connectivity index (χ3v) is 6.98. The van der Waals surface area contributed by atoms with Crippen LogP contribution in [0.4, 0.5) is 0 Å². The van der Waals surface area contributed by atoms with E-state index in [1.807, 2.05) is 54.7 Å². The molecule has 0 spiro atoms. The molecule has 1 aliphatic heterocycles. The fraction of sp³-hybridized carbons (Fsp3) is 0.241. The van der Waals surface area contributed by atoms with Gasteiger partial charge in [0.25, 0.3) is 5.91 Å². The van der Waals surface area contributed by atoms with Gasteiger partial charge in [-0.3, -0.25) is 9.59 Å². The molecule has 36 heavy (non-hydrogen) atoms. The van der Waals surface area contributed by atoms with Crippen molar-refractivity contribution in [3.05, 3.63) is 95.2 Å². The second-order valence-corrected chi connectivity index (χ2v) is 8.94. The number of aromatic nitrogens is 1.